The Balaban J connectivity index is 2.28. The van der Waals surface area contributed by atoms with Crippen molar-refractivity contribution in [1.29, 1.82) is 5.26 Å². The van der Waals surface area contributed by atoms with Crippen molar-refractivity contribution >= 4 is 5.82 Å². The van der Waals surface area contributed by atoms with Crippen LogP contribution in [-0.4, -0.2) is 24.1 Å². The molecule has 2 unspecified atom stereocenters. The molecule has 4 heteroatoms. The van der Waals surface area contributed by atoms with Gasteiger partial charge in [0.1, 0.15) is 5.82 Å². The lowest BCUT2D eigenvalue weighted by Crippen LogP contribution is -2.28. The Morgan fingerprint density at radius 3 is 2.81 bits per heavy atom. The molecule has 2 rings (SSSR count). The van der Waals surface area contributed by atoms with E-state index in [9.17, 15) is 0 Å². The van der Waals surface area contributed by atoms with Gasteiger partial charge in [0.05, 0.1) is 11.6 Å². The van der Waals surface area contributed by atoms with Crippen molar-refractivity contribution < 1.29 is 0 Å². The van der Waals surface area contributed by atoms with Gasteiger partial charge in [-0.1, -0.05) is 6.92 Å². The summed E-state index contributed by atoms with van der Waals surface area (Å²) in [4.78, 5) is 6.61. The summed E-state index contributed by atoms with van der Waals surface area (Å²) in [5.74, 6) is 1.35. The number of hydrogen-bond donors (Lipinski definition) is 1. The van der Waals surface area contributed by atoms with Crippen molar-refractivity contribution in [2.24, 2.45) is 11.7 Å². The zero-order chi connectivity index (χ0) is 11.7. The van der Waals surface area contributed by atoms with Gasteiger partial charge in [-0.25, -0.2) is 4.98 Å². The van der Waals surface area contributed by atoms with Crippen molar-refractivity contribution in [1.82, 2.24) is 4.98 Å². The van der Waals surface area contributed by atoms with Gasteiger partial charge in [0.2, 0.25) is 0 Å². The minimum atomic E-state index is 0.202. The van der Waals surface area contributed by atoms with Crippen molar-refractivity contribution in [3.8, 4) is 6.07 Å². The number of nitriles is 1. The van der Waals surface area contributed by atoms with E-state index in [-0.39, 0.29) is 6.04 Å². The van der Waals surface area contributed by atoms with E-state index >= 15 is 0 Å². The topological polar surface area (TPSA) is 65.9 Å². The van der Waals surface area contributed by atoms with Gasteiger partial charge in [-0.3, -0.25) is 0 Å². The Morgan fingerprint density at radius 1 is 1.50 bits per heavy atom. The van der Waals surface area contributed by atoms with E-state index in [1.807, 2.05) is 13.0 Å². The van der Waals surface area contributed by atoms with E-state index in [0.29, 0.717) is 11.5 Å². The summed E-state index contributed by atoms with van der Waals surface area (Å²) in [6.07, 6.45) is 0. The molecule has 1 fully saturated rings. The molecule has 0 bridgehead atoms. The van der Waals surface area contributed by atoms with E-state index in [1.54, 1.807) is 6.07 Å². The minimum Gasteiger partial charge on any atom is -0.355 e. The van der Waals surface area contributed by atoms with E-state index < -0.39 is 0 Å². The van der Waals surface area contributed by atoms with Gasteiger partial charge in [0.15, 0.2) is 0 Å². The molecule has 0 amide bonds. The normalized spacial score (nSPS) is 24.5. The third-order valence-electron chi connectivity index (χ3n) is 3.06. The van der Waals surface area contributed by atoms with Crippen LogP contribution >= 0.6 is 0 Å². The highest BCUT2D eigenvalue weighted by Crippen LogP contribution is 2.22. The second kappa shape index (κ2) is 4.11. The van der Waals surface area contributed by atoms with Gasteiger partial charge in [0, 0.05) is 24.8 Å². The summed E-state index contributed by atoms with van der Waals surface area (Å²) in [6, 6.07) is 5.98. The molecule has 16 heavy (non-hydrogen) atoms. The van der Waals surface area contributed by atoms with Crippen LogP contribution in [0.4, 0.5) is 5.82 Å². The van der Waals surface area contributed by atoms with Crippen LogP contribution in [0.2, 0.25) is 0 Å². The smallest absolute Gasteiger partial charge is 0.130 e. The average Bonchev–Trinajstić information content (AvgIpc) is 2.58. The Kier molecular flexibility index (Phi) is 2.80. The number of nitrogens with two attached hydrogens (primary N) is 1. The molecule has 0 saturated carbocycles. The summed E-state index contributed by atoms with van der Waals surface area (Å²) >= 11 is 0. The summed E-state index contributed by atoms with van der Waals surface area (Å²) in [6.45, 7) is 5.79. The molecule has 2 atom stereocenters. The summed E-state index contributed by atoms with van der Waals surface area (Å²) in [5.41, 5.74) is 7.52. The second-order valence-corrected chi connectivity index (χ2v) is 4.51. The molecule has 2 heterocycles. The van der Waals surface area contributed by atoms with Crippen LogP contribution in [0.3, 0.4) is 0 Å². The summed E-state index contributed by atoms with van der Waals surface area (Å²) in [7, 11) is 0. The monoisotopic (exact) mass is 216 g/mol. The molecule has 0 spiro atoms. The SMILES string of the molecule is Cc1cc(C#N)cc(N2CC(C)C(N)C2)n1. The largest absolute Gasteiger partial charge is 0.355 e. The van der Waals surface area contributed by atoms with Gasteiger partial charge in [-0.15, -0.1) is 0 Å². The van der Waals surface area contributed by atoms with Crippen molar-refractivity contribution in [3.63, 3.8) is 0 Å². The van der Waals surface area contributed by atoms with Crippen LogP contribution in [0.1, 0.15) is 18.2 Å². The van der Waals surface area contributed by atoms with Crippen molar-refractivity contribution in [2.45, 2.75) is 19.9 Å². The molecule has 1 aliphatic rings. The van der Waals surface area contributed by atoms with Gasteiger partial charge in [0.25, 0.3) is 0 Å². The maximum Gasteiger partial charge on any atom is 0.130 e. The van der Waals surface area contributed by atoms with Gasteiger partial charge in [-0.2, -0.15) is 5.26 Å². The third kappa shape index (κ3) is 2.00. The highest BCUT2D eigenvalue weighted by Gasteiger charge is 2.27. The second-order valence-electron chi connectivity index (χ2n) is 4.51. The lowest BCUT2D eigenvalue weighted by molar-refractivity contribution is 0.566. The van der Waals surface area contributed by atoms with Crippen molar-refractivity contribution in [3.05, 3.63) is 23.4 Å². The molecule has 4 nitrogen and oxygen atoms in total. The van der Waals surface area contributed by atoms with E-state index in [4.69, 9.17) is 11.0 Å². The molecule has 1 aliphatic heterocycles. The van der Waals surface area contributed by atoms with Crippen LogP contribution in [0.15, 0.2) is 12.1 Å². The van der Waals surface area contributed by atoms with Crippen LogP contribution in [0.25, 0.3) is 0 Å². The summed E-state index contributed by atoms with van der Waals surface area (Å²) < 4.78 is 0. The number of aromatic nitrogens is 1. The quantitative estimate of drug-likeness (QED) is 0.762. The average molecular weight is 216 g/mol. The Hall–Kier alpha value is -1.60. The fraction of sp³-hybridized carbons (Fsp3) is 0.500. The Labute approximate surface area is 95.7 Å². The lowest BCUT2D eigenvalue weighted by Gasteiger charge is -2.17. The first-order valence-electron chi connectivity index (χ1n) is 5.49. The van der Waals surface area contributed by atoms with E-state index in [2.05, 4.69) is 22.9 Å². The standard InChI is InChI=1S/C12H16N4/c1-8-6-16(7-11(8)14)12-4-10(5-13)3-9(2)15-12/h3-4,8,11H,6-7,14H2,1-2H3. The molecule has 1 saturated heterocycles. The Bertz CT molecular complexity index is 425. The molecule has 0 aliphatic carbocycles. The molecule has 1 aromatic heterocycles. The molecule has 84 valence electrons. The van der Waals surface area contributed by atoms with Gasteiger partial charge >= 0.3 is 0 Å². The number of anilines is 1. The fourth-order valence-electron chi connectivity index (χ4n) is 2.06. The van der Waals surface area contributed by atoms with Crippen LogP contribution in [0.5, 0.6) is 0 Å². The molecular weight excluding hydrogens is 200 g/mol. The highest BCUT2D eigenvalue weighted by molar-refractivity contribution is 5.47. The number of rotatable bonds is 1. The first-order chi connectivity index (χ1) is 7.60. The first kappa shape index (κ1) is 10.9. The van der Waals surface area contributed by atoms with E-state index in [1.165, 1.54) is 0 Å². The predicted molar refractivity (Wildman–Crippen MR) is 63.0 cm³/mol. The zero-order valence-corrected chi connectivity index (χ0v) is 9.64. The fourth-order valence-corrected chi connectivity index (χ4v) is 2.06. The van der Waals surface area contributed by atoms with Crippen LogP contribution in [0, 0.1) is 24.2 Å². The first-order valence-corrected chi connectivity index (χ1v) is 5.49. The molecule has 0 radical (unpaired) electrons. The zero-order valence-electron chi connectivity index (χ0n) is 9.64. The lowest BCUT2D eigenvalue weighted by atomic mass is 10.1. The number of hydrogen-bond acceptors (Lipinski definition) is 4. The highest BCUT2D eigenvalue weighted by atomic mass is 15.2. The molecule has 0 aromatic carbocycles. The summed E-state index contributed by atoms with van der Waals surface area (Å²) in [5, 5.41) is 8.91. The van der Waals surface area contributed by atoms with Gasteiger partial charge < -0.3 is 10.6 Å². The van der Waals surface area contributed by atoms with Crippen LogP contribution in [-0.2, 0) is 0 Å². The van der Waals surface area contributed by atoms with Crippen LogP contribution < -0.4 is 10.6 Å². The maximum atomic E-state index is 8.91. The minimum absolute atomic E-state index is 0.202. The molecule has 1 aromatic rings. The van der Waals surface area contributed by atoms with Gasteiger partial charge in [-0.05, 0) is 25.0 Å². The number of nitrogens with zero attached hydrogens (tertiary/aromatic N) is 3. The molecular formula is C12H16N4. The van der Waals surface area contributed by atoms with Crippen molar-refractivity contribution in [2.75, 3.05) is 18.0 Å². The van der Waals surface area contributed by atoms with E-state index in [0.717, 1.165) is 24.6 Å². The third-order valence-corrected chi connectivity index (χ3v) is 3.06. The number of pyridine rings is 1. The number of aryl methyl sites for hydroxylation is 1. The predicted octanol–water partition coefficient (Wildman–Crippen LogP) is 1.05. The maximum absolute atomic E-state index is 8.91. The molecule has 2 N–H and O–H groups in total. The Morgan fingerprint density at radius 2 is 2.25 bits per heavy atom.